The number of hydrogen-bond donors (Lipinski definition) is 1. The summed E-state index contributed by atoms with van der Waals surface area (Å²) in [6.45, 7) is 0.367. The highest BCUT2D eigenvalue weighted by atomic mass is 16.1. The topological polar surface area (TPSA) is 71.4 Å². The third-order valence-electron chi connectivity index (χ3n) is 2.49. The van der Waals surface area contributed by atoms with Crippen LogP contribution in [0.3, 0.4) is 0 Å². The number of hydrogen-bond acceptors (Lipinski definition) is 4. The van der Waals surface area contributed by atoms with Crippen LogP contribution in [0.15, 0.2) is 53.8 Å². The van der Waals surface area contributed by atoms with Gasteiger partial charge in [0.25, 0.3) is 5.91 Å². The Morgan fingerprint density at radius 2 is 2.11 bits per heavy atom. The van der Waals surface area contributed by atoms with Crippen LogP contribution in [0.2, 0.25) is 0 Å². The number of para-hydroxylation sites is 1. The van der Waals surface area contributed by atoms with Crippen LogP contribution in [0.25, 0.3) is 0 Å². The van der Waals surface area contributed by atoms with E-state index in [9.17, 15) is 9.59 Å². The summed E-state index contributed by atoms with van der Waals surface area (Å²) in [7, 11) is 0. The summed E-state index contributed by atoms with van der Waals surface area (Å²) in [5, 5.41) is 2.75. The average Bonchev–Trinajstić information content (AvgIpc) is 2.47. The molecule has 2 aromatic rings. The predicted molar refractivity (Wildman–Crippen MR) is 69.6 cm³/mol. The molecule has 0 saturated heterocycles. The lowest BCUT2D eigenvalue weighted by Gasteiger charge is -2.06. The molecular weight excluding hydrogens is 242 g/mol. The quantitative estimate of drug-likeness (QED) is 0.669. The lowest BCUT2D eigenvalue weighted by atomic mass is 10.1. The number of isocyanates is 1. The molecule has 0 fully saturated rings. The molecule has 0 saturated carbocycles. The van der Waals surface area contributed by atoms with E-state index < -0.39 is 0 Å². The second kappa shape index (κ2) is 6.23. The van der Waals surface area contributed by atoms with Gasteiger partial charge in [-0.2, -0.15) is 4.99 Å². The fourth-order valence-corrected chi connectivity index (χ4v) is 1.59. The highest BCUT2D eigenvalue weighted by Crippen LogP contribution is 2.17. The van der Waals surface area contributed by atoms with E-state index in [-0.39, 0.29) is 5.91 Å². The average molecular weight is 253 g/mol. The van der Waals surface area contributed by atoms with Crippen molar-refractivity contribution in [1.82, 2.24) is 10.3 Å². The highest BCUT2D eigenvalue weighted by Gasteiger charge is 2.09. The van der Waals surface area contributed by atoms with Crippen molar-refractivity contribution in [3.8, 4) is 0 Å². The van der Waals surface area contributed by atoms with E-state index >= 15 is 0 Å². The zero-order valence-corrected chi connectivity index (χ0v) is 10.0. The lowest BCUT2D eigenvalue weighted by molar-refractivity contribution is 0.0951. The SMILES string of the molecule is O=C=Nc1ccccc1C(=O)NCc1cccnc1. The van der Waals surface area contributed by atoms with E-state index in [0.717, 1.165) is 5.56 Å². The molecule has 0 bridgehead atoms. The van der Waals surface area contributed by atoms with Gasteiger partial charge in [-0.3, -0.25) is 9.78 Å². The van der Waals surface area contributed by atoms with E-state index in [2.05, 4.69) is 15.3 Å². The molecule has 1 amide bonds. The number of nitrogens with one attached hydrogen (secondary N) is 1. The van der Waals surface area contributed by atoms with Crippen LogP contribution in [-0.4, -0.2) is 17.0 Å². The van der Waals surface area contributed by atoms with E-state index in [1.54, 1.807) is 42.7 Å². The molecule has 0 unspecified atom stereocenters. The van der Waals surface area contributed by atoms with Crippen molar-refractivity contribution in [2.45, 2.75) is 6.54 Å². The monoisotopic (exact) mass is 253 g/mol. The van der Waals surface area contributed by atoms with Gasteiger partial charge in [-0.15, -0.1) is 0 Å². The Morgan fingerprint density at radius 3 is 2.84 bits per heavy atom. The molecule has 5 heteroatoms. The minimum absolute atomic E-state index is 0.293. The highest BCUT2D eigenvalue weighted by molar-refractivity contribution is 5.99. The molecule has 2 rings (SSSR count). The number of aliphatic imine (C=N–C) groups is 1. The molecular formula is C14H11N3O2. The van der Waals surface area contributed by atoms with Crippen LogP contribution in [0.4, 0.5) is 5.69 Å². The third kappa shape index (κ3) is 3.34. The summed E-state index contributed by atoms with van der Waals surface area (Å²) in [5.41, 5.74) is 1.54. The van der Waals surface area contributed by atoms with Crippen LogP contribution < -0.4 is 5.32 Å². The Hall–Kier alpha value is -2.78. The van der Waals surface area contributed by atoms with Crippen LogP contribution in [0.1, 0.15) is 15.9 Å². The Balaban J connectivity index is 2.10. The molecule has 1 aromatic heterocycles. The number of pyridine rings is 1. The Kier molecular flexibility index (Phi) is 4.16. The van der Waals surface area contributed by atoms with Gasteiger partial charge < -0.3 is 5.32 Å². The number of nitrogens with zero attached hydrogens (tertiary/aromatic N) is 2. The van der Waals surface area contributed by atoms with E-state index in [0.29, 0.717) is 17.8 Å². The summed E-state index contributed by atoms with van der Waals surface area (Å²) in [5.74, 6) is -0.293. The van der Waals surface area contributed by atoms with Crippen molar-refractivity contribution in [3.05, 3.63) is 59.9 Å². The fourth-order valence-electron chi connectivity index (χ4n) is 1.59. The van der Waals surface area contributed by atoms with Gasteiger partial charge in [0.2, 0.25) is 6.08 Å². The number of carbonyl (C=O) groups is 1. The molecule has 19 heavy (non-hydrogen) atoms. The zero-order valence-electron chi connectivity index (χ0n) is 10.0. The van der Waals surface area contributed by atoms with Gasteiger partial charge in [0, 0.05) is 18.9 Å². The summed E-state index contributed by atoms with van der Waals surface area (Å²) < 4.78 is 0. The number of rotatable bonds is 4. The Bertz CT molecular complexity index is 620. The predicted octanol–water partition coefficient (Wildman–Crippen LogP) is 1.98. The van der Waals surface area contributed by atoms with Gasteiger partial charge in [0.05, 0.1) is 11.3 Å². The first-order valence-electron chi connectivity index (χ1n) is 5.65. The summed E-state index contributed by atoms with van der Waals surface area (Å²) in [6, 6.07) is 10.3. The molecule has 1 aromatic carbocycles. The van der Waals surface area contributed by atoms with Gasteiger partial charge in [-0.25, -0.2) is 4.79 Å². The van der Waals surface area contributed by atoms with Gasteiger partial charge in [-0.05, 0) is 23.8 Å². The van der Waals surface area contributed by atoms with E-state index in [4.69, 9.17) is 0 Å². The standard InChI is InChI=1S/C14H11N3O2/c18-10-17-13-6-2-1-5-12(13)14(19)16-9-11-4-3-7-15-8-11/h1-8H,9H2,(H,16,19). The van der Waals surface area contributed by atoms with Crippen molar-refractivity contribution in [3.63, 3.8) is 0 Å². The number of carbonyl (C=O) groups excluding carboxylic acids is 2. The number of benzene rings is 1. The number of amides is 1. The summed E-state index contributed by atoms with van der Waals surface area (Å²) in [6.07, 6.45) is 4.78. The molecule has 1 N–H and O–H groups in total. The van der Waals surface area contributed by atoms with Gasteiger partial charge >= 0.3 is 0 Å². The second-order valence-electron chi connectivity index (χ2n) is 3.76. The van der Waals surface area contributed by atoms with Gasteiger partial charge in [0.1, 0.15) is 0 Å². The summed E-state index contributed by atoms with van der Waals surface area (Å²) >= 11 is 0. The summed E-state index contributed by atoms with van der Waals surface area (Å²) in [4.78, 5) is 29.8. The van der Waals surface area contributed by atoms with Crippen molar-refractivity contribution < 1.29 is 9.59 Å². The zero-order chi connectivity index (χ0) is 13.5. The Morgan fingerprint density at radius 1 is 1.26 bits per heavy atom. The largest absolute Gasteiger partial charge is 0.348 e. The first-order chi connectivity index (χ1) is 9.31. The first kappa shape index (κ1) is 12.7. The van der Waals surface area contributed by atoms with Crippen molar-refractivity contribution in [2.24, 2.45) is 4.99 Å². The second-order valence-corrected chi connectivity index (χ2v) is 3.76. The maximum atomic E-state index is 12.0. The van der Waals surface area contributed by atoms with Crippen molar-refractivity contribution in [2.75, 3.05) is 0 Å². The molecule has 0 aliphatic rings. The van der Waals surface area contributed by atoms with E-state index in [1.165, 1.54) is 6.08 Å². The normalized spacial score (nSPS) is 9.47. The van der Waals surface area contributed by atoms with Crippen LogP contribution in [0, 0.1) is 0 Å². The minimum atomic E-state index is -0.293. The van der Waals surface area contributed by atoms with Gasteiger partial charge in [0.15, 0.2) is 0 Å². The number of aromatic nitrogens is 1. The molecule has 0 aliphatic carbocycles. The molecule has 0 aliphatic heterocycles. The van der Waals surface area contributed by atoms with Crippen LogP contribution >= 0.6 is 0 Å². The lowest BCUT2D eigenvalue weighted by Crippen LogP contribution is -2.22. The van der Waals surface area contributed by atoms with Crippen molar-refractivity contribution >= 4 is 17.7 Å². The third-order valence-corrected chi connectivity index (χ3v) is 2.49. The smallest absolute Gasteiger partial charge is 0.253 e. The molecule has 94 valence electrons. The molecule has 0 spiro atoms. The first-order valence-corrected chi connectivity index (χ1v) is 5.65. The fraction of sp³-hybridized carbons (Fsp3) is 0.0714. The Labute approximate surface area is 110 Å². The van der Waals surface area contributed by atoms with E-state index in [1.807, 2.05) is 6.07 Å². The maximum Gasteiger partial charge on any atom is 0.253 e. The minimum Gasteiger partial charge on any atom is -0.348 e. The van der Waals surface area contributed by atoms with Crippen molar-refractivity contribution in [1.29, 1.82) is 0 Å². The maximum absolute atomic E-state index is 12.0. The molecule has 5 nitrogen and oxygen atoms in total. The van der Waals surface area contributed by atoms with Crippen LogP contribution in [-0.2, 0) is 11.3 Å². The molecule has 1 heterocycles. The van der Waals surface area contributed by atoms with Gasteiger partial charge in [-0.1, -0.05) is 18.2 Å². The molecule has 0 radical (unpaired) electrons. The molecule has 0 atom stereocenters. The van der Waals surface area contributed by atoms with Crippen LogP contribution in [0.5, 0.6) is 0 Å².